The van der Waals surface area contributed by atoms with Crippen molar-refractivity contribution in [3.63, 3.8) is 0 Å². The summed E-state index contributed by atoms with van der Waals surface area (Å²) in [6.45, 7) is 2.97. The number of carbonyl (C=O) groups is 2. The van der Waals surface area contributed by atoms with Gasteiger partial charge >= 0.3 is 0 Å². The van der Waals surface area contributed by atoms with Gasteiger partial charge in [0.15, 0.2) is 5.41 Å². The van der Waals surface area contributed by atoms with Crippen LogP contribution in [0, 0.1) is 11.3 Å². The molecular weight excluding hydrogens is 390 g/mol. The first-order chi connectivity index (χ1) is 13.9. The van der Waals surface area contributed by atoms with Crippen molar-refractivity contribution in [1.82, 2.24) is 4.90 Å². The molecule has 6 nitrogen and oxygen atoms in total. The molecule has 2 aromatic carbocycles. The zero-order valence-electron chi connectivity index (χ0n) is 16.4. The van der Waals surface area contributed by atoms with Gasteiger partial charge in [-0.25, -0.2) is 0 Å². The van der Waals surface area contributed by atoms with Crippen molar-refractivity contribution in [2.45, 2.75) is 25.2 Å². The third-order valence-corrected chi connectivity index (χ3v) is 5.43. The fourth-order valence-corrected chi connectivity index (χ4v) is 3.46. The van der Waals surface area contributed by atoms with Gasteiger partial charge in [0.25, 0.3) is 5.91 Å². The lowest BCUT2D eigenvalue weighted by Crippen LogP contribution is -2.36. The topological polar surface area (TPSA) is 82.4 Å². The third kappa shape index (κ3) is 4.20. The van der Waals surface area contributed by atoms with Crippen molar-refractivity contribution >= 4 is 29.1 Å². The van der Waals surface area contributed by atoms with Crippen LogP contribution in [0.4, 0.5) is 5.69 Å². The second-order valence-corrected chi connectivity index (χ2v) is 7.55. The van der Waals surface area contributed by atoms with Crippen LogP contribution < -0.4 is 10.1 Å². The summed E-state index contributed by atoms with van der Waals surface area (Å²) in [5.41, 5.74) is -0.0705. The minimum atomic E-state index is -1.41. The molecule has 0 radical (unpaired) electrons. The van der Waals surface area contributed by atoms with E-state index in [0.29, 0.717) is 40.7 Å². The molecule has 29 heavy (non-hydrogen) atoms. The highest BCUT2D eigenvalue weighted by Gasteiger charge is 2.36. The van der Waals surface area contributed by atoms with E-state index in [2.05, 4.69) is 11.4 Å². The van der Waals surface area contributed by atoms with Gasteiger partial charge in [0, 0.05) is 23.8 Å². The number of anilines is 1. The predicted octanol–water partition coefficient (Wildman–Crippen LogP) is 4.00. The number of ether oxygens (including phenoxy) is 1. The lowest BCUT2D eigenvalue weighted by atomic mass is 9.83. The highest BCUT2D eigenvalue weighted by molar-refractivity contribution is 6.30. The molecular formula is C22H22ClN3O3. The van der Waals surface area contributed by atoms with Gasteiger partial charge in [-0.2, -0.15) is 5.26 Å². The molecule has 2 aromatic rings. The summed E-state index contributed by atoms with van der Waals surface area (Å²) < 4.78 is 5.33. The van der Waals surface area contributed by atoms with Crippen molar-refractivity contribution in [3.8, 4) is 11.8 Å². The Morgan fingerprint density at radius 3 is 2.41 bits per heavy atom. The van der Waals surface area contributed by atoms with Crippen molar-refractivity contribution in [2.24, 2.45) is 0 Å². The predicted molar refractivity (Wildman–Crippen MR) is 111 cm³/mol. The Morgan fingerprint density at radius 2 is 1.83 bits per heavy atom. The molecule has 3 rings (SSSR count). The molecule has 7 heteroatoms. The second kappa shape index (κ2) is 8.54. The number of amides is 2. The Kier molecular flexibility index (Phi) is 6.09. The number of hydrogen-bond donors (Lipinski definition) is 1. The maximum Gasteiger partial charge on any atom is 0.257 e. The monoisotopic (exact) mass is 411 g/mol. The first kappa shape index (κ1) is 20.7. The van der Waals surface area contributed by atoms with Crippen LogP contribution in [0.2, 0.25) is 5.02 Å². The Bertz CT molecular complexity index is 962. The van der Waals surface area contributed by atoms with Crippen molar-refractivity contribution in [1.29, 1.82) is 5.26 Å². The zero-order chi connectivity index (χ0) is 21.0. The smallest absolute Gasteiger partial charge is 0.257 e. The number of rotatable bonds is 5. The van der Waals surface area contributed by atoms with Gasteiger partial charge in [-0.3, -0.25) is 9.59 Å². The van der Waals surface area contributed by atoms with Crippen LogP contribution in [0.25, 0.3) is 0 Å². The van der Waals surface area contributed by atoms with Crippen LogP contribution in [0.1, 0.15) is 35.7 Å². The minimum Gasteiger partial charge on any atom is -0.496 e. The number of nitrogens with one attached hydrogen (secondary N) is 1. The first-order valence-electron chi connectivity index (χ1n) is 9.35. The maximum atomic E-state index is 12.9. The van der Waals surface area contributed by atoms with Gasteiger partial charge in [0.05, 0.1) is 18.7 Å². The highest BCUT2D eigenvalue weighted by Crippen LogP contribution is 2.29. The fourth-order valence-electron chi connectivity index (χ4n) is 3.33. The number of methoxy groups -OCH3 is 1. The molecule has 150 valence electrons. The molecule has 1 N–H and O–H groups in total. The molecule has 1 heterocycles. The number of hydrogen-bond acceptors (Lipinski definition) is 4. The van der Waals surface area contributed by atoms with Crippen LogP contribution in [-0.4, -0.2) is 36.9 Å². The number of nitrogens with zero attached hydrogens (tertiary/aromatic N) is 2. The van der Waals surface area contributed by atoms with Crippen LogP contribution in [0.15, 0.2) is 42.5 Å². The van der Waals surface area contributed by atoms with E-state index >= 15 is 0 Å². The largest absolute Gasteiger partial charge is 0.496 e. The van der Waals surface area contributed by atoms with E-state index in [-0.39, 0.29) is 5.91 Å². The maximum absolute atomic E-state index is 12.9. The van der Waals surface area contributed by atoms with Crippen LogP contribution in [0.3, 0.4) is 0 Å². The fraction of sp³-hybridized carbons (Fsp3) is 0.318. The van der Waals surface area contributed by atoms with Crippen molar-refractivity contribution in [2.75, 3.05) is 25.5 Å². The normalized spacial score (nSPS) is 15.3. The molecule has 0 saturated carbocycles. The molecule has 1 aliphatic rings. The summed E-state index contributed by atoms with van der Waals surface area (Å²) in [6, 6.07) is 13.6. The number of carbonyl (C=O) groups excluding carboxylic acids is 2. The van der Waals surface area contributed by atoms with Crippen molar-refractivity contribution in [3.05, 3.63) is 58.6 Å². The van der Waals surface area contributed by atoms with Crippen LogP contribution in [-0.2, 0) is 10.2 Å². The molecule has 1 aliphatic heterocycles. The molecule has 1 fully saturated rings. The average Bonchev–Trinajstić information content (AvgIpc) is 3.28. The van der Waals surface area contributed by atoms with Crippen LogP contribution >= 0.6 is 11.6 Å². The number of benzene rings is 2. The number of nitriles is 1. The summed E-state index contributed by atoms with van der Waals surface area (Å²) in [4.78, 5) is 27.6. The SMILES string of the molecule is COc1ccc(NC(=O)[C@](C)(C#N)c2ccc(Cl)cc2)cc1C(=O)N1CCCC1. The minimum absolute atomic E-state index is 0.129. The van der Waals surface area contributed by atoms with E-state index in [9.17, 15) is 14.9 Å². The van der Waals surface area contributed by atoms with E-state index in [1.54, 1.807) is 54.3 Å². The van der Waals surface area contributed by atoms with E-state index in [1.807, 2.05) is 0 Å². The molecule has 1 atom stereocenters. The van der Waals surface area contributed by atoms with Gasteiger partial charge in [0.2, 0.25) is 5.91 Å². The molecule has 2 amide bonds. The third-order valence-electron chi connectivity index (χ3n) is 5.18. The molecule has 0 unspecified atom stereocenters. The Morgan fingerprint density at radius 1 is 1.17 bits per heavy atom. The van der Waals surface area contributed by atoms with Gasteiger partial charge in [-0.15, -0.1) is 0 Å². The van der Waals surface area contributed by atoms with Gasteiger partial charge in [0.1, 0.15) is 5.75 Å². The molecule has 1 saturated heterocycles. The van der Waals surface area contributed by atoms with Crippen LogP contribution in [0.5, 0.6) is 5.75 Å². The standard InChI is InChI=1S/C22H22ClN3O3/c1-22(14-24,15-5-7-16(23)8-6-15)21(28)25-17-9-10-19(29-2)18(13-17)20(27)26-11-3-4-12-26/h5-10,13H,3-4,11-12H2,1-2H3,(H,25,28)/t22-/m1/s1. The molecule has 0 aromatic heterocycles. The first-order valence-corrected chi connectivity index (χ1v) is 9.73. The number of likely N-dealkylation sites (tertiary alicyclic amines) is 1. The van der Waals surface area contributed by atoms with E-state index < -0.39 is 11.3 Å². The average molecular weight is 412 g/mol. The second-order valence-electron chi connectivity index (χ2n) is 7.11. The van der Waals surface area contributed by atoms with Gasteiger partial charge < -0.3 is 15.0 Å². The Hall–Kier alpha value is -3.04. The number of halogens is 1. The van der Waals surface area contributed by atoms with Gasteiger partial charge in [-0.1, -0.05) is 23.7 Å². The molecule has 0 aliphatic carbocycles. The Labute approximate surface area is 175 Å². The summed E-state index contributed by atoms with van der Waals surface area (Å²) in [7, 11) is 1.50. The Balaban J connectivity index is 1.88. The summed E-state index contributed by atoms with van der Waals surface area (Å²) in [5, 5.41) is 13.0. The highest BCUT2D eigenvalue weighted by atomic mass is 35.5. The van der Waals surface area contributed by atoms with E-state index in [0.717, 1.165) is 12.8 Å². The molecule has 0 bridgehead atoms. The van der Waals surface area contributed by atoms with E-state index in [4.69, 9.17) is 16.3 Å². The lowest BCUT2D eigenvalue weighted by molar-refractivity contribution is -0.119. The summed E-state index contributed by atoms with van der Waals surface area (Å²) in [5.74, 6) is -0.177. The zero-order valence-corrected chi connectivity index (χ0v) is 17.1. The van der Waals surface area contributed by atoms with Crippen molar-refractivity contribution < 1.29 is 14.3 Å². The lowest BCUT2D eigenvalue weighted by Gasteiger charge is -2.22. The van der Waals surface area contributed by atoms with Gasteiger partial charge in [-0.05, 0) is 55.7 Å². The summed E-state index contributed by atoms with van der Waals surface area (Å²) in [6.07, 6.45) is 1.96. The quantitative estimate of drug-likeness (QED) is 0.805. The molecule has 0 spiro atoms. The summed E-state index contributed by atoms with van der Waals surface area (Å²) >= 11 is 5.91. The van der Waals surface area contributed by atoms with E-state index in [1.165, 1.54) is 7.11 Å².